The molecule has 21 heavy (non-hydrogen) atoms. The number of amidine groups is 1. The number of rotatable bonds is 3. The summed E-state index contributed by atoms with van der Waals surface area (Å²) in [7, 11) is 0. The van der Waals surface area contributed by atoms with Crippen LogP contribution in [0.2, 0.25) is 0 Å². The molecule has 0 saturated carbocycles. The minimum Gasteiger partial charge on any atom is -0.368 e. The highest BCUT2D eigenvalue weighted by Gasteiger charge is 2.50. The fourth-order valence-electron chi connectivity index (χ4n) is 2.69. The molecule has 1 spiro atoms. The Bertz CT molecular complexity index is 590. The van der Waals surface area contributed by atoms with Crippen molar-refractivity contribution < 1.29 is 9.59 Å². The largest absolute Gasteiger partial charge is 0.368 e. The molecule has 2 aliphatic rings. The van der Waals surface area contributed by atoms with Crippen LogP contribution in [0, 0.1) is 0 Å². The molecule has 1 saturated heterocycles. The lowest BCUT2D eigenvalue weighted by Crippen LogP contribution is -2.41. The molecule has 4 N–H and O–H groups in total. The van der Waals surface area contributed by atoms with Crippen molar-refractivity contribution in [2.75, 3.05) is 6.54 Å². The van der Waals surface area contributed by atoms with Crippen LogP contribution in [0.25, 0.3) is 0 Å². The second kappa shape index (κ2) is 5.83. The van der Waals surface area contributed by atoms with Crippen LogP contribution in [0.15, 0.2) is 35.3 Å². The smallest absolute Gasteiger partial charge is 0.254 e. The number of nitrogens with one attached hydrogen (secondary N) is 2. The summed E-state index contributed by atoms with van der Waals surface area (Å²) in [6.07, 6.45) is 0.905. The highest BCUT2D eigenvalue weighted by molar-refractivity contribution is 6.09. The SMILES string of the molecule is Cl.NC(=O)[C@@H]1C[C@]2(CN1)N=C(Cc1ccccc1)NC2=O. The van der Waals surface area contributed by atoms with Crippen molar-refractivity contribution in [2.45, 2.75) is 24.4 Å². The Morgan fingerprint density at radius 2 is 2.10 bits per heavy atom. The van der Waals surface area contributed by atoms with E-state index in [2.05, 4.69) is 15.6 Å². The van der Waals surface area contributed by atoms with E-state index in [0.29, 0.717) is 25.2 Å². The number of nitrogens with zero attached hydrogens (tertiary/aromatic N) is 1. The first-order chi connectivity index (χ1) is 9.59. The van der Waals surface area contributed by atoms with Gasteiger partial charge in [0, 0.05) is 19.4 Å². The predicted molar refractivity (Wildman–Crippen MR) is 81.3 cm³/mol. The van der Waals surface area contributed by atoms with E-state index in [1.165, 1.54) is 0 Å². The highest BCUT2D eigenvalue weighted by Crippen LogP contribution is 2.28. The van der Waals surface area contributed by atoms with Crippen molar-refractivity contribution >= 4 is 30.1 Å². The number of nitrogens with two attached hydrogens (primary N) is 1. The number of halogens is 1. The molecular weight excluding hydrogens is 292 g/mol. The predicted octanol–water partition coefficient (Wildman–Crippen LogP) is -0.235. The number of carbonyl (C=O) groups is 2. The van der Waals surface area contributed by atoms with E-state index in [1.54, 1.807) is 0 Å². The van der Waals surface area contributed by atoms with Gasteiger partial charge in [-0.25, -0.2) is 0 Å². The van der Waals surface area contributed by atoms with Crippen molar-refractivity contribution in [3.05, 3.63) is 35.9 Å². The minimum absolute atomic E-state index is 0. The molecule has 2 aliphatic heterocycles. The molecule has 3 rings (SSSR count). The topological polar surface area (TPSA) is 96.6 Å². The summed E-state index contributed by atoms with van der Waals surface area (Å²) in [5.74, 6) is 0.0502. The molecular formula is C14H17ClN4O2. The molecule has 112 valence electrons. The maximum atomic E-state index is 12.1. The van der Waals surface area contributed by atoms with Gasteiger partial charge in [0.25, 0.3) is 5.91 Å². The first-order valence-electron chi connectivity index (χ1n) is 6.56. The van der Waals surface area contributed by atoms with Crippen LogP contribution in [0.1, 0.15) is 12.0 Å². The molecule has 1 aromatic carbocycles. The van der Waals surface area contributed by atoms with Crippen molar-refractivity contribution in [3.63, 3.8) is 0 Å². The molecule has 2 amide bonds. The van der Waals surface area contributed by atoms with Crippen LogP contribution in [0.3, 0.4) is 0 Å². The van der Waals surface area contributed by atoms with Crippen molar-refractivity contribution in [2.24, 2.45) is 10.7 Å². The van der Waals surface area contributed by atoms with E-state index in [9.17, 15) is 9.59 Å². The van der Waals surface area contributed by atoms with E-state index >= 15 is 0 Å². The number of hydrogen-bond donors (Lipinski definition) is 3. The van der Waals surface area contributed by atoms with Gasteiger partial charge in [0.15, 0.2) is 5.54 Å². The quantitative estimate of drug-likeness (QED) is 0.719. The molecule has 0 unspecified atom stereocenters. The Morgan fingerprint density at radius 3 is 2.71 bits per heavy atom. The zero-order chi connectivity index (χ0) is 14.2. The fourth-order valence-corrected chi connectivity index (χ4v) is 2.69. The summed E-state index contributed by atoms with van der Waals surface area (Å²) in [4.78, 5) is 27.9. The molecule has 0 aromatic heterocycles. The number of hydrogen-bond acceptors (Lipinski definition) is 4. The van der Waals surface area contributed by atoms with Gasteiger partial charge in [-0.1, -0.05) is 30.3 Å². The van der Waals surface area contributed by atoms with Crippen LogP contribution in [0.5, 0.6) is 0 Å². The second-order valence-corrected chi connectivity index (χ2v) is 5.25. The number of primary amides is 1. The average Bonchev–Trinajstić information content (AvgIpc) is 2.97. The summed E-state index contributed by atoms with van der Waals surface area (Å²) in [6, 6.07) is 9.32. The van der Waals surface area contributed by atoms with Gasteiger partial charge in [0.05, 0.1) is 6.04 Å². The third-order valence-corrected chi connectivity index (χ3v) is 3.77. The molecule has 1 fully saturated rings. The molecule has 7 heteroatoms. The highest BCUT2D eigenvalue weighted by atomic mass is 35.5. The Balaban J connectivity index is 0.00000161. The summed E-state index contributed by atoms with van der Waals surface area (Å²) < 4.78 is 0. The Hall–Kier alpha value is -1.92. The molecule has 6 nitrogen and oxygen atoms in total. The van der Waals surface area contributed by atoms with Gasteiger partial charge in [0.2, 0.25) is 5.91 Å². The number of aliphatic imine (C=N–C) groups is 1. The van der Waals surface area contributed by atoms with Crippen LogP contribution >= 0.6 is 12.4 Å². The summed E-state index contributed by atoms with van der Waals surface area (Å²) in [5.41, 5.74) is 5.48. The zero-order valence-electron chi connectivity index (χ0n) is 11.3. The third kappa shape index (κ3) is 2.91. The number of carbonyl (C=O) groups excluding carboxylic acids is 2. The lowest BCUT2D eigenvalue weighted by molar-refractivity contribution is -0.123. The third-order valence-electron chi connectivity index (χ3n) is 3.77. The Labute approximate surface area is 128 Å². The van der Waals surface area contributed by atoms with Gasteiger partial charge in [-0.2, -0.15) is 0 Å². The van der Waals surface area contributed by atoms with Crippen molar-refractivity contribution in [1.82, 2.24) is 10.6 Å². The molecule has 0 aliphatic carbocycles. The lowest BCUT2D eigenvalue weighted by atomic mass is 9.96. The van der Waals surface area contributed by atoms with Crippen LogP contribution in [0.4, 0.5) is 0 Å². The molecule has 2 heterocycles. The van der Waals surface area contributed by atoms with Gasteiger partial charge in [-0.05, 0) is 5.56 Å². The first kappa shape index (κ1) is 15.5. The second-order valence-electron chi connectivity index (χ2n) is 5.25. The summed E-state index contributed by atoms with van der Waals surface area (Å²) >= 11 is 0. The fraction of sp³-hybridized carbons (Fsp3) is 0.357. The number of benzene rings is 1. The molecule has 0 bridgehead atoms. The van der Waals surface area contributed by atoms with E-state index in [4.69, 9.17) is 5.73 Å². The maximum absolute atomic E-state index is 12.1. The molecule has 0 radical (unpaired) electrons. The van der Waals surface area contributed by atoms with Gasteiger partial charge >= 0.3 is 0 Å². The zero-order valence-corrected chi connectivity index (χ0v) is 12.2. The number of amides is 2. The van der Waals surface area contributed by atoms with Gasteiger partial charge in [0.1, 0.15) is 5.84 Å². The van der Waals surface area contributed by atoms with Crippen molar-refractivity contribution in [3.8, 4) is 0 Å². The van der Waals surface area contributed by atoms with Crippen LogP contribution in [-0.4, -0.2) is 35.8 Å². The summed E-state index contributed by atoms with van der Waals surface area (Å²) in [6.45, 7) is 0.352. The van der Waals surface area contributed by atoms with E-state index in [1.807, 2.05) is 30.3 Å². The standard InChI is InChI=1S/C14H16N4O2.ClH/c15-12(19)10-7-14(8-16-10)13(20)17-11(18-14)6-9-4-2-1-3-5-9;/h1-5,10,16H,6-8H2,(H2,15,19)(H,17,18,20);1H/t10-,14+;/m0./s1. The van der Waals surface area contributed by atoms with E-state index in [0.717, 1.165) is 5.56 Å². The van der Waals surface area contributed by atoms with E-state index in [-0.39, 0.29) is 18.3 Å². The van der Waals surface area contributed by atoms with Gasteiger partial charge in [-0.3, -0.25) is 14.6 Å². The molecule has 2 atom stereocenters. The summed E-state index contributed by atoms with van der Waals surface area (Å²) in [5, 5.41) is 5.77. The normalized spacial score (nSPS) is 27.1. The lowest BCUT2D eigenvalue weighted by Gasteiger charge is -2.14. The Morgan fingerprint density at radius 1 is 1.38 bits per heavy atom. The van der Waals surface area contributed by atoms with Crippen LogP contribution < -0.4 is 16.4 Å². The monoisotopic (exact) mass is 308 g/mol. The maximum Gasteiger partial charge on any atom is 0.254 e. The van der Waals surface area contributed by atoms with E-state index < -0.39 is 17.5 Å². The van der Waals surface area contributed by atoms with Crippen LogP contribution in [-0.2, 0) is 16.0 Å². The minimum atomic E-state index is -0.871. The average molecular weight is 309 g/mol. The van der Waals surface area contributed by atoms with Gasteiger partial charge in [-0.15, -0.1) is 12.4 Å². The van der Waals surface area contributed by atoms with Crippen molar-refractivity contribution in [1.29, 1.82) is 0 Å². The Kier molecular flexibility index (Phi) is 4.29. The van der Waals surface area contributed by atoms with Gasteiger partial charge < -0.3 is 16.4 Å². The first-order valence-corrected chi connectivity index (χ1v) is 6.56. The molecule has 1 aromatic rings.